The molecule has 3 heterocycles. The normalized spacial score (nSPS) is 22.9. The van der Waals surface area contributed by atoms with Gasteiger partial charge in [-0.1, -0.05) is 206 Å². The zero-order valence-corrected chi connectivity index (χ0v) is 64.4. The summed E-state index contributed by atoms with van der Waals surface area (Å²) in [6, 6.07) is 88.0. The highest BCUT2D eigenvalue weighted by atomic mass is 16.8. The van der Waals surface area contributed by atoms with E-state index in [0.29, 0.717) is 17.1 Å². The van der Waals surface area contributed by atoms with Crippen LogP contribution in [-0.4, -0.2) is 156 Å². The first kappa shape index (κ1) is 81.4. The van der Waals surface area contributed by atoms with Crippen LogP contribution in [0.25, 0.3) is 10.8 Å². The average Bonchev–Trinajstić information content (AvgIpc) is 0.771. The van der Waals surface area contributed by atoms with E-state index in [4.69, 9.17) is 85.3 Å². The topological polar surface area (TPSA) is 251 Å². The molecule has 0 N–H and O–H groups in total. The highest BCUT2D eigenvalue weighted by molar-refractivity contribution is 5.91. The average molecular weight is 1590 g/mol. The van der Waals surface area contributed by atoms with E-state index in [9.17, 15) is 9.59 Å². The van der Waals surface area contributed by atoms with E-state index < -0.39 is 135 Å². The summed E-state index contributed by atoms with van der Waals surface area (Å²) >= 11 is 0. The number of benzene rings is 11. The Labute approximate surface area is 676 Å². The number of hydrogen-bond acceptors (Lipinski definition) is 23. The molecule has 0 aliphatic carbocycles. The number of esters is 5. The molecule has 0 radical (unpaired) electrons. The molecule has 0 bridgehead atoms. The van der Waals surface area contributed by atoms with Crippen molar-refractivity contribution in [2.45, 2.75) is 125 Å². The number of ether oxygens (including phenoxy) is 18. The molecular formula is C94H88O23. The first-order chi connectivity index (χ1) is 57.4. The molecule has 0 amide bonds. The second-order valence-electron chi connectivity index (χ2n) is 27.8. The summed E-state index contributed by atoms with van der Waals surface area (Å²) in [4.78, 5) is 73.9. The highest BCUT2D eigenvalue weighted by Gasteiger charge is 2.57. The second-order valence-corrected chi connectivity index (χ2v) is 27.8. The van der Waals surface area contributed by atoms with Crippen molar-refractivity contribution in [1.29, 1.82) is 0 Å². The van der Waals surface area contributed by atoms with Crippen LogP contribution in [0.1, 0.15) is 70.6 Å². The van der Waals surface area contributed by atoms with Crippen LogP contribution in [0.2, 0.25) is 0 Å². The number of rotatable bonds is 34. The summed E-state index contributed by atoms with van der Waals surface area (Å²) in [5, 5.41) is 1.61. The van der Waals surface area contributed by atoms with Gasteiger partial charge in [0.2, 0.25) is 6.29 Å². The van der Waals surface area contributed by atoms with E-state index in [1.54, 1.807) is 189 Å². The van der Waals surface area contributed by atoms with Crippen molar-refractivity contribution in [2.75, 3.05) is 34.0 Å². The fourth-order valence-corrected chi connectivity index (χ4v) is 13.9. The van der Waals surface area contributed by atoms with E-state index in [-0.39, 0.29) is 66.8 Å². The van der Waals surface area contributed by atoms with E-state index in [1.165, 1.54) is 14.0 Å². The van der Waals surface area contributed by atoms with Gasteiger partial charge in [0.1, 0.15) is 59.6 Å². The van der Waals surface area contributed by atoms with Crippen molar-refractivity contribution in [3.63, 3.8) is 0 Å². The van der Waals surface area contributed by atoms with Gasteiger partial charge in [-0.25, -0.2) is 19.2 Å². The van der Waals surface area contributed by atoms with Crippen molar-refractivity contribution in [1.82, 2.24) is 0 Å². The Kier molecular flexibility index (Phi) is 28.1. The molecule has 23 nitrogen and oxygen atoms in total. The quantitative estimate of drug-likeness (QED) is 0.0268. The molecule has 23 heteroatoms. The molecule has 3 aliphatic heterocycles. The van der Waals surface area contributed by atoms with Gasteiger partial charge in [0.25, 0.3) is 0 Å². The smallest absolute Gasteiger partial charge is 0.338 e. The Morgan fingerprint density at radius 3 is 1.06 bits per heavy atom. The van der Waals surface area contributed by atoms with E-state index in [2.05, 4.69) is 0 Å². The molecular weight excluding hydrogens is 1500 g/mol. The van der Waals surface area contributed by atoms with Crippen LogP contribution >= 0.6 is 0 Å². The summed E-state index contributed by atoms with van der Waals surface area (Å²) in [5.41, 5.74) is 3.63. The molecule has 11 aromatic rings. The van der Waals surface area contributed by atoms with Crippen molar-refractivity contribution >= 4 is 40.6 Å². The van der Waals surface area contributed by atoms with E-state index in [1.807, 2.05) is 121 Å². The summed E-state index contributed by atoms with van der Waals surface area (Å²) < 4.78 is 121. The molecule has 15 atom stereocenters. The molecule has 602 valence electrons. The summed E-state index contributed by atoms with van der Waals surface area (Å²) in [7, 11) is 3.06. The molecule has 0 saturated carbocycles. The summed E-state index contributed by atoms with van der Waals surface area (Å²) in [6.07, 6.45) is -22.3. The fraction of sp³-hybridized carbons (Fsp3) is 0.266. The number of carbonyl (C=O) groups excluding carboxylic acids is 5. The van der Waals surface area contributed by atoms with Crippen molar-refractivity contribution < 1.29 is 109 Å². The third-order valence-corrected chi connectivity index (χ3v) is 19.8. The Hall–Kier alpha value is -12.1. The largest absolute Gasteiger partial charge is 0.497 e. The minimum Gasteiger partial charge on any atom is -0.497 e. The lowest BCUT2D eigenvalue weighted by Crippen LogP contribution is -2.66. The fourth-order valence-electron chi connectivity index (χ4n) is 13.9. The first-order valence-electron chi connectivity index (χ1n) is 38.4. The number of fused-ring (bicyclic) bond motifs is 1. The van der Waals surface area contributed by atoms with Gasteiger partial charge < -0.3 is 85.3 Å². The SMILES string of the molecule is COc1ccc(CO[C@@H]2[C@H](OC(=O)c3ccccc3)[C@@H](Oc3ccc(OC)cc3)O[C@H](CO[C@H]3O[C@H](CO[C@H]4O[C@H](COCc5ccccc5)[C@@H](OCc5ccccc5)[C@H](OCc5ccccc5)[C@@H]4OC(C)=O)[C@@H](OC(=O)c4ccccc4)[C@H](Oc4ccc5ccccc5c4)[C@@H]3OC(=O)c3ccccc3)[C@H]2OC(=O)c2ccccc2)cc1. The minimum atomic E-state index is -1.83. The predicted octanol–water partition coefficient (Wildman–Crippen LogP) is 14.7. The van der Waals surface area contributed by atoms with Gasteiger partial charge in [-0.2, -0.15) is 0 Å². The van der Waals surface area contributed by atoms with E-state index >= 15 is 14.4 Å². The standard InChI is InChI=1S/C94H88O23/c1-61(95)108-85-82(104-56-64-31-15-6-16-32-64)79(103-55-63-29-13-5-14-30-63)76(58-102-54-62-27-11-4-12-28-62)111-92(85)106-60-78-81(115-89(97)68-36-19-8-20-37-68)84(109-75-48-45-66-33-25-26-42-71(66)53-75)87(117-91(99)70-40-23-10-24-41-70)93(112-78)107-59-77-80(114-88(96)67-34-17-7-18-35-67)83(105-57-65-43-46-72(100-2)47-44-65)86(116-90(98)69-38-21-9-22-39-69)94(113-77)110-74-51-49-73(101-3)50-52-74/h4-53,76-87,92-94H,54-60H2,1-3H3/t76-,77-,78-,79-,80-,81-,82+,83+,84+,85+,86+,87+,92+,93+,94+/m1/s1. The third-order valence-electron chi connectivity index (χ3n) is 19.8. The predicted molar refractivity (Wildman–Crippen MR) is 426 cm³/mol. The maximum atomic E-state index is 15.2. The summed E-state index contributed by atoms with van der Waals surface area (Å²) in [5.74, 6) is -2.61. The lowest BCUT2D eigenvalue weighted by molar-refractivity contribution is -0.343. The highest BCUT2D eigenvalue weighted by Crippen LogP contribution is 2.39. The first-order valence-corrected chi connectivity index (χ1v) is 38.4. The van der Waals surface area contributed by atoms with E-state index in [0.717, 1.165) is 27.5 Å². The van der Waals surface area contributed by atoms with Crippen LogP contribution in [0, 0.1) is 0 Å². The van der Waals surface area contributed by atoms with Gasteiger partial charge in [0, 0.05) is 6.92 Å². The molecule has 3 saturated heterocycles. The van der Waals surface area contributed by atoms with Crippen LogP contribution in [0.5, 0.6) is 23.0 Å². The van der Waals surface area contributed by atoms with Crippen LogP contribution < -0.4 is 18.9 Å². The van der Waals surface area contributed by atoms with Gasteiger partial charge >= 0.3 is 29.8 Å². The van der Waals surface area contributed by atoms with Crippen LogP contribution in [0.15, 0.2) is 303 Å². The Bertz CT molecular complexity index is 4960. The Morgan fingerprint density at radius 2 is 0.607 bits per heavy atom. The Balaban J connectivity index is 0.893. The molecule has 14 rings (SSSR count). The zero-order chi connectivity index (χ0) is 80.7. The monoisotopic (exact) mass is 1580 g/mol. The molecule has 3 aliphatic rings. The second kappa shape index (κ2) is 40.4. The third kappa shape index (κ3) is 21.7. The Morgan fingerprint density at radius 1 is 0.274 bits per heavy atom. The molecule has 0 spiro atoms. The minimum absolute atomic E-state index is 0.0122. The summed E-state index contributed by atoms with van der Waals surface area (Å²) in [6.45, 7) is -0.0552. The van der Waals surface area contributed by atoms with Gasteiger partial charge in [0.15, 0.2) is 49.2 Å². The molecule has 117 heavy (non-hydrogen) atoms. The molecule has 0 unspecified atom stereocenters. The molecule has 11 aromatic carbocycles. The van der Waals surface area contributed by atoms with Gasteiger partial charge in [0.05, 0.1) is 82.7 Å². The maximum absolute atomic E-state index is 15.2. The van der Waals surface area contributed by atoms with Gasteiger partial charge in [-0.05, 0) is 130 Å². The number of carbonyl (C=O) groups is 5. The lowest BCUT2D eigenvalue weighted by atomic mass is 9.96. The van der Waals surface area contributed by atoms with Gasteiger partial charge in [-0.3, -0.25) is 4.79 Å². The molecule has 3 fully saturated rings. The van der Waals surface area contributed by atoms with Crippen molar-refractivity contribution in [2.24, 2.45) is 0 Å². The number of hydrogen-bond donors (Lipinski definition) is 0. The van der Waals surface area contributed by atoms with Crippen LogP contribution in [-0.2, 0) is 97.5 Å². The number of methoxy groups -OCH3 is 2. The van der Waals surface area contributed by atoms with Gasteiger partial charge in [-0.15, -0.1) is 0 Å². The van der Waals surface area contributed by atoms with Crippen LogP contribution in [0.4, 0.5) is 0 Å². The molecule has 0 aromatic heterocycles. The van der Waals surface area contributed by atoms with Crippen molar-refractivity contribution in [3.05, 3.63) is 348 Å². The van der Waals surface area contributed by atoms with Crippen LogP contribution in [0.3, 0.4) is 0 Å². The zero-order valence-electron chi connectivity index (χ0n) is 64.4. The van der Waals surface area contributed by atoms with Crippen molar-refractivity contribution in [3.8, 4) is 23.0 Å². The lowest BCUT2D eigenvalue weighted by Gasteiger charge is -2.48. The maximum Gasteiger partial charge on any atom is 0.338 e.